The Morgan fingerprint density at radius 1 is 1.23 bits per heavy atom. The van der Waals surface area contributed by atoms with Crippen LogP contribution in [0.3, 0.4) is 0 Å². The first-order valence-corrected chi connectivity index (χ1v) is 8.13. The van der Waals surface area contributed by atoms with Crippen LogP contribution >= 0.6 is 15.9 Å². The molecule has 5 heteroatoms. The predicted octanol–water partition coefficient (Wildman–Crippen LogP) is 4.38. The van der Waals surface area contributed by atoms with E-state index >= 15 is 0 Å². The summed E-state index contributed by atoms with van der Waals surface area (Å²) in [5.41, 5.74) is 2.74. The van der Waals surface area contributed by atoms with Gasteiger partial charge in [-0.25, -0.2) is 4.98 Å². The summed E-state index contributed by atoms with van der Waals surface area (Å²) in [6, 6.07) is 9.66. The number of hydrogen-bond donors (Lipinski definition) is 1. The highest BCUT2D eigenvalue weighted by molar-refractivity contribution is 9.10. The Balaban J connectivity index is 2.13. The monoisotopic (exact) mass is 361 g/mol. The molecule has 0 fully saturated rings. The topological polar surface area (TPSA) is 45.2 Å². The summed E-state index contributed by atoms with van der Waals surface area (Å²) in [7, 11) is 0. The molecule has 0 atom stereocenters. The molecule has 0 aliphatic rings. The number of halogens is 1. The summed E-state index contributed by atoms with van der Waals surface area (Å²) in [5, 5.41) is 3.27. The van der Waals surface area contributed by atoms with Crippen molar-refractivity contribution in [3.8, 4) is 0 Å². The molecule has 0 aliphatic heterocycles. The van der Waals surface area contributed by atoms with E-state index in [4.69, 9.17) is 0 Å². The van der Waals surface area contributed by atoms with Gasteiger partial charge in [0.05, 0.1) is 5.56 Å². The molecule has 0 spiro atoms. The molecule has 2 aromatic rings. The van der Waals surface area contributed by atoms with Gasteiger partial charge >= 0.3 is 0 Å². The number of benzene rings is 1. The minimum atomic E-state index is 0.0175. The van der Waals surface area contributed by atoms with Crippen molar-refractivity contribution in [2.45, 2.75) is 20.8 Å². The molecule has 22 heavy (non-hydrogen) atoms. The highest BCUT2D eigenvalue weighted by Crippen LogP contribution is 2.23. The lowest BCUT2D eigenvalue weighted by atomic mass is 10.2. The molecule has 116 valence electrons. The first kappa shape index (κ1) is 16.5. The van der Waals surface area contributed by atoms with Crippen molar-refractivity contribution in [1.82, 2.24) is 9.88 Å². The number of aryl methyl sites for hydroxylation is 1. The van der Waals surface area contributed by atoms with E-state index in [9.17, 15) is 4.79 Å². The Morgan fingerprint density at radius 3 is 2.50 bits per heavy atom. The molecular formula is C17H20BrN3O. The van der Waals surface area contributed by atoms with Crippen LogP contribution < -0.4 is 5.32 Å². The third-order valence-corrected chi connectivity index (χ3v) is 4.01. The lowest BCUT2D eigenvalue weighted by Crippen LogP contribution is -2.30. The molecule has 2 rings (SSSR count). The molecule has 0 radical (unpaired) electrons. The van der Waals surface area contributed by atoms with Gasteiger partial charge in [0.15, 0.2) is 0 Å². The molecular weight excluding hydrogens is 342 g/mol. The van der Waals surface area contributed by atoms with Gasteiger partial charge in [-0.1, -0.05) is 15.9 Å². The molecule has 1 aromatic carbocycles. The van der Waals surface area contributed by atoms with E-state index < -0.39 is 0 Å². The number of anilines is 2. The number of rotatable bonds is 5. The fourth-order valence-electron chi connectivity index (χ4n) is 2.19. The fraction of sp³-hybridized carbons (Fsp3) is 0.294. The molecule has 0 bridgehead atoms. The van der Waals surface area contributed by atoms with Crippen LogP contribution in [0.2, 0.25) is 0 Å². The Kier molecular flexibility index (Phi) is 5.55. The Labute approximate surface area is 139 Å². The standard InChI is InChI=1S/C17H20BrN3O/c1-4-21(5-2)17(22)13-6-9-16(19-11-13)20-15-8-7-14(18)10-12(15)3/h6-11H,4-5H2,1-3H3,(H,19,20). The molecule has 0 aliphatic carbocycles. The van der Waals surface area contributed by atoms with E-state index in [-0.39, 0.29) is 5.91 Å². The summed E-state index contributed by atoms with van der Waals surface area (Å²) in [4.78, 5) is 18.3. The summed E-state index contributed by atoms with van der Waals surface area (Å²) in [6.45, 7) is 7.38. The van der Waals surface area contributed by atoms with E-state index in [0.717, 1.165) is 21.5 Å². The van der Waals surface area contributed by atoms with E-state index in [0.29, 0.717) is 18.7 Å². The maximum Gasteiger partial charge on any atom is 0.255 e. The number of nitrogens with zero attached hydrogens (tertiary/aromatic N) is 2. The quantitative estimate of drug-likeness (QED) is 0.859. The summed E-state index contributed by atoms with van der Waals surface area (Å²) < 4.78 is 1.05. The van der Waals surface area contributed by atoms with Crippen molar-refractivity contribution in [3.63, 3.8) is 0 Å². The van der Waals surface area contributed by atoms with E-state index in [1.54, 1.807) is 11.1 Å². The summed E-state index contributed by atoms with van der Waals surface area (Å²) in [6.07, 6.45) is 1.62. The molecule has 0 unspecified atom stereocenters. The van der Waals surface area contributed by atoms with Crippen LogP contribution in [0.15, 0.2) is 41.0 Å². The fourth-order valence-corrected chi connectivity index (χ4v) is 2.67. The van der Waals surface area contributed by atoms with Gasteiger partial charge in [-0.05, 0) is 56.7 Å². The zero-order valence-corrected chi connectivity index (χ0v) is 14.6. The van der Waals surface area contributed by atoms with Crippen LogP contribution in [-0.4, -0.2) is 28.9 Å². The number of nitrogens with one attached hydrogen (secondary N) is 1. The summed E-state index contributed by atoms with van der Waals surface area (Å²) >= 11 is 3.45. The van der Waals surface area contributed by atoms with Gasteiger partial charge < -0.3 is 10.2 Å². The van der Waals surface area contributed by atoms with Crippen molar-refractivity contribution in [3.05, 3.63) is 52.1 Å². The normalized spacial score (nSPS) is 10.4. The lowest BCUT2D eigenvalue weighted by molar-refractivity contribution is 0.0772. The van der Waals surface area contributed by atoms with Crippen molar-refractivity contribution in [2.75, 3.05) is 18.4 Å². The van der Waals surface area contributed by atoms with E-state index in [1.807, 2.05) is 51.1 Å². The zero-order chi connectivity index (χ0) is 16.1. The van der Waals surface area contributed by atoms with Crippen LogP contribution in [0, 0.1) is 6.92 Å². The number of carbonyl (C=O) groups is 1. The molecule has 0 saturated heterocycles. The second-order valence-corrected chi connectivity index (χ2v) is 5.91. The van der Waals surface area contributed by atoms with Crippen molar-refractivity contribution < 1.29 is 4.79 Å². The molecule has 1 heterocycles. The maximum absolute atomic E-state index is 12.2. The van der Waals surface area contributed by atoms with Crippen LogP contribution in [0.4, 0.5) is 11.5 Å². The highest BCUT2D eigenvalue weighted by atomic mass is 79.9. The Hall–Kier alpha value is -1.88. The SMILES string of the molecule is CCN(CC)C(=O)c1ccc(Nc2ccc(Br)cc2C)nc1. The minimum Gasteiger partial charge on any atom is -0.340 e. The third-order valence-electron chi connectivity index (χ3n) is 3.51. The van der Waals surface area contributed by atoms with Gasteiger partial charge in [-0.15, -0.1) is 0 Å². The number of carbonyl (C=O) groups excluding carboxylic acids is 1. The molecule has 4 nitrogen and oxygen atoms in total. The van der Waals surface area contributed by atoms with Crippen LogP contribution in [0.25, 0.3) is 0 Å². The number of aromatic nitrogens is 1. The first-order valence-electron chi connectivity index (χ1n) is 7.33. The van der Waals surface area contributed by atoms with Crippen molar-refractivity contribution in [2.24, 2.45) is 0 Å². The van der Waals surface area contributed by atoms with E-state index in [1.165, 1.54) is 0 Å². The number of hydrogen-bond acceptors (Lipinski definition) is 3. The van der Waals surface area contributed by atoms with Gasteiger partial charge in [0.2, 0.25) is 0 Å². The third kappa shape index (κ3) is 3.85. The second kappa shape index (κ2) is 7.40. The zero-order valence-electron chi connectivity index (χ0n) is 13.1. The van der Waals surface area contributed by atoms with Crippen molar-refractivity contribution in [1.29, 1.82) is 0 Å². The molecule has 0 saturated carbocycles. The molecule has 1 aromatic heterocycles. The van der Waals surface area contributed by atoms with Gasteiger partial charge in [0.1, 0.15) is 5.82 Å². The maximum atomic E-state index is 12.2. The average Bonchev–Trinajstić information content (AvgIpc) is 2.52. The minimum absolute atomic E-state index is 0.0175. The van der Waals surface area contributed by atoms with Crippen LogP contribution in [-0.2, 0) is 0 Å². The molecule has 1 amide bonds. The number of amides is 1. The Morgan fingerprint density at radius 2 is 1.95 bits per heavy atom. The predicted molar refractivity (Wildman–Crippen MR) is 93.7 cm³/mol. The lowest BCUT2D eigenvalue weighted by Gasteiger charge is -2.18. The molecule has 1 N–H and O–H groups in total. The smallest absolute Gasteiger partial charge is 0.255 e. The largest absolute Gasteiger partial charge is 0.340 e. The van der Waals surface area contributed by atoms with Crippen molar-refractivity contribution >= 4 is 33.3 Å². The van der Waals surface area contributed by atoms with Gasteiger partial charge in [0.25, 0.3) is 5.91 Å². The Bertz CT molecular complexity index is 651. The first-order chi connectivity index (χ1) is 10.5. The number of pyridine rings is 1. The highest BCUT2D eigenvalue weighted by Gasteiger charge is 2.12. The van der Waals surface area contributed by atoms with Gasteiger partial charge in [-0.3, -0.25) is 4.79 Å². The van der Waals surface area contributed by atoms with Gasteiger partial charge in [-0.2, -0.15) is 0 Å². The summed E-state index contributed by atoms with van der Waals surface area (Å²) in [5.74, 6) is 0.741. The second-order valence-electron chi connectivity index (χ2n) is 4.99. The average molecular weight is 362 g/mol. The van der Waals surface area contributed by atoms with Crippen LogP contribution in [0.5, 0.6) is 0 Å². The van der Waals surface area contributed by atoms with Crippen LogP contribution in [0.1, 0.15) is 29.8 Å². The van der Waals surface area contributed by atoms with E-state index in [2.05, 4.69) is 26.2 Å². The van der Waals surface area contributed by atoms with Gasteiger partial charge in [0, 0.05) is 29.4 Å².